The van der Waals surface area contributed by atoms with E-state index in [1.807, 2.05) is 12.1 Å². The molecular weight excluding hydrogens is 304 g/mol. The van der Waals surface area contributed by atoms with Crippen LogP contribution in [0, 0.1) is 0 Å². The third-order valence-corrected chi connectivity index (χ3v) is 5.65. The molecule has 0 aliphatic heterocycles. The van der Waals surface area contributed by atoms with E-state index in [1.54, 1.807) is 24.5 Å². The molecule has 0 radical (unpaired) electrons. The van der Waals surface area contributed by atoms with Gasteiger partial charge in [0.05, 0.1) is 12.1 Å². The fraction of sp³-hybridized carbons (Fsp3) is 0.412. The van der Waals surface area contributed by atoms with Crippen molar-refractivity contribution in [1.82, 2.24) is 0 Å². The molecule has 0 saturated carbocycles. The topological polar surface area (TPSA) is 29.5 Å². The molecule has 0 bridgehead atoms. The van der Waals surface area contributed by atoms with E-state index in [0.717, 1.165) is 23.3 Å². The number of rotatable bonds is 3. The summed E-state index contributed by atoms with van der Waals surface area (Å²) in [5.41, 5.74) is 2.16. The Hall–Kier alpha value is -1.03. The number of thiophene rings is 1. The SMILES string of the molecule is COc1ccc(C(O)c2cc3c(s2)CCCCC3)c(Cl)c1. The summed E-state index contributed by atoms with van der Waals surface area (Å²) in [4.78, 5) is 2.43. The monoisotopic (exact) mass is 322 g/mol. The first-order chi connectivity index (χ1) is 10.2. The summed E-state index contributed by atoms with van der Waals surface area (Å²) in [6.07, 6.45) is 5.44. The zero-order chi connectivity index (χ0) is 14.8. The average molecular weight is 323 g/mol. The summed E-state index contributed by atoms with van der Waals surface area (Å²) in [6, 6.07) is 7.59. The molecule has 112 valence electrons. The zero-order valence-electron chi connectivity index (χ0n) is 12.1. The van der Waals surface area contributed by atoms with Crippen LogP contribution < -0.4 is 4.74 Å². The van der Waals surface area contributed by atoms with Crippen LogP contribution in [0.4, 0.5) is 0 Å². The van der Waals surface area contributed by atoms with E-state index in [9.17, 15) is 5.11 Å². The summed E-state index contributed by atoms with van der Waals surface area (Å²) < 4.78 is 5.15. The number of methoxy groups -OCH3 is 1. The van der Waals surface area contributed by atoms with Crippen molar-refractivity contribution >= 4 is 22.9 Å². The second-order valence-corrected chi connectivity index (χ2v) is 7.02. The Labute approximate surface area is 134 Å². The van der Waals surface area contributed by atoms with Crippen LogP contribution >= 0.6 is 22.9 Å². The van der Waals surface area contributed by atoms with Gasteiger partial charge in [0, 0.05) is 15.3 Å². The molecular formula is C17H19ClO2S. The van der Waals surface area contributed by atoms with Gasteiger partial charge in [0.15, 0.2) is 0 Å². The van der Waals surface area contributed by atoms with Gasteiger partial charge >= 0.3 is 0 Å². The predicted octanol–water partition coefficient (Wildman–Crippen LogP) is 4.76. The van der Waals surface area contributed by atoms with E-state index in [0.29, 0.717) is 10.8 Å². The van der Waals surface area contributed by atoms with E-state index in [2.05, 4.69) is 6.07 Å². The van der Waals surface area contributed by atoms with Gasteiger partial charge in [0.2, 0.25) is 0 Å². The summed E-state index contributed by atoms with van der Waals surface area (Å²) in [6.45, 7) is 0. The first-order valence-corrected chi connectivity index (χ1v) is 8.51. The Morgan fingerprint density at radius 3 is 2.76 bits per heavy atom. The molecule has 1 aromatic heterocycles. The third-order valence-electron chi connectivity index (χ3n) is 4.04. The Balaban J connectivity index is 1.90. The number of hydrogen-bond acceptors (Lipinski definition) is 3. The number of ether oxygens (including phenoxy) is 1. The van der Waals surface area contributed by atoms with Gasteiger partial charge in [0.25, 0.3) is 0 Å². The lowest BCUT2D eigenvalue weighted by Crippen LogP contribution is -1.98. The van der Waals surface area contributed by atoms with Crippen LogP contribution in [0.2, 0.25) is 5.02 Å². The highest BCUT2D eigenvalue weighted by molar-refractivity contribution is 7.12. The first-order valence-electron chi connectivity index (χ1n) is 7.32. The second-order valence-electron chi connectivity index (χ2n) is 5.45. The highest BCUT2D eigenvalue weighted by Gasteiger charge is 2.20. The number of aliphatic hydroxyl groups excluding tert-OH is 1. The largest absolute Gasteiger partial charge is 0.497 e. The van der Waals surface area contributed by atoms with Gasteiger partial charge in [-0.2, -0.15) is 0 Å². The summed E-state index contributed by atoms with van der Waals surface area (Å²) in [5, 5.41) is 11.2. The van der Waals surface area contributed by atoms with Crippen molar-refractivity contribution in [1.29, 1.82) is 0 Å². The lowest BCUT2D eigenvalue weighted by Gasteiger charge is -2.12. The second kappa shape index (κ2) is 6.39. The van der Waals surface area contributed by atoms with E-state index < -0.39 is 6.10 Å². The normalized spacial score (nSPS) is 16.1. The molecule has 2 aromatic rings. The maximum absolute atomic E-state index is 10.6. The number of fused-ring (bicyclic) bond motifs is 1. The van der Waals surface area contributed by atoms with E-state index >= 15 is 0 Å². The Kier molecular flexibility index (Phi) is 4.53. The maximum Gasteiger partial charge on any atom is 0.120 e. The fourth-order valence-corrected chi connectivity index (χ4v) is 4.37. The molecule has 0 spiro atoms. The van der Waals surface area contributed by atoms with Gasteiger partial charge in [0.1, 0.15) is 11.9 Å². The smallest absolute Gasteiger partial charge is 0.120 e. The maximum atomic E-state index is 10.6. The molecule has 2 nitrogen and oxygen atoms in total. The van der Waals surface area contributed by atoms with Crippen molar-refractivity contribution < 1.29 is 9.84 Å². The number of benzene rings is 1. The van der Waals surface area contributed by atoms with Gasteiger partial charge in [-0.3, -0.25) is 0 Å². The number of aryl methyl sites for hydroxylation is 2. The molecule has 0 saturated heterocycles. The number of aliphatic hydroxyl groups is 1. The molecule has 0 amide bonds. The van der Waals surface area contributed by atoms with Crippen molar-refractivity contribution in [3.05, 3.63) is 50.2 Å². The van der Waals surface area contributed by atoms with E-state index in [-0.39, 0.29) is 0 Å². The Morgan fingerprint density at radius 1 is 1.19 bits per heavy atom. The van der Waals surface area contributed by atoms with Gasteiger partial charge in [-0.1, -0.05) is 24.1 Å². The minimum absolute atomic E-state index is 0.547. The van der Waals surface area contributed by atoms with Crippen LogP contribution in [-0.2, 0) is 12.8 Å². The lowest BCUT2D eigenvalue weighted by molar-refractivity contribution is 0.224. The van der Waals surface area contributed by atoms with Crippen LogP contribution in [0.3, 0.4) is 0 Å². The van der Waals surface area contributed by atoms with E-state index in [1.165, 1.54) is 29.7 Å². The van der Waals surface area contributed by atoms with Crippen LogP contribution in [0.25, 0.3) is 0 Å². The summed E-state index contributed by atoms with van der Waals surface area (Å²) in [7, 11) is 1.61. The van der Waals surface area contributed by atoms with Gasteiger partial charge < -0.3 is 9.84 Å². The standard InChI is InChI=1S/C17H19ClO2S/c1-20-12-7-8-13(14(18)10-12)17(19)16-9-11-5-3-2-4-6-15(11)21-16/h7-10,17,19H,2-6H2,1H3. The quantitative estimate of drug-likeness (QED) is 0.825. The van der Waals surface area contributed by atoms with Crippen molar-refractivity contribution in [2.24, 2.45) is 0 Å². The van der Waals surface area contributed by atoms with Crippen molar-refractivity contribution in [3.8, 4) is 5.75 Å². The van der Waals surface area contributed by atoms with Gasteiger partial charge in [-0.25, -0.2) is 0 Å². The van der Waals surface area contributed by atoms with E-state index in [4.69, 9.17) is 16.3 Å². The highest BCUT2D eigenvalue weighted by atomic mass is 35.5. The molecule has 4 heteroatoms. The van der Waals surface area contributed by atoms with Crippen LogP contribution in [0.5, 0.6) is 5.75 Å². The lowest BCUT2D eigenvalue weighted by atomic mass is 10.1. The van der Waals surface area contributed by atoms with Crippen molar-refractivity contribution in [3.63, 3.8) is 0 Å². The molecule has 1 heterocycles. The molecule has 3 rings (SSSR count). The van der Waals surface area contributed by atoms with Gasteiger partial charge in [-0.05, 0) is 49.4 Å². The highest BCUT2D eigenvalue weighted by Crippen LogP contribution is 2.37. The molecule has 21 heavy (non-hydrogen) atoms. The summed E-state index contributed by atoms with van der Waals surface area (Å²) >= 11 is 8.00. The molecule has 1 N–H and O–H groups in total. The molecule has 1 unspecified atom stereocenters. The van der Waals surface area contributed by atoms with Crippen LogP contribution in [0.1, 0.15) is 46.2 Å². The Morgan fingerprint density at radius 2 is 2.00 bits per heavy atom. The first kappa shape index (κ1) is 14.9. The molecule has 1 atom stereocenters. The fourth-order valence-electron chi connectivity index (χ4n) is 2.84. The molecule has 1 aliphatic carbocycles. The van der Waals surface area contributed by atoms with Crippen molar-refractivity contribution in [2.45, 2.75) is 38.2 Å². The molecule has 1 aromatic carbocycles. The minimum atomic E-state index is -0.652. The molecule has 0 fully saturated rings. The third kappa shape index (κ3) is 3.10. The van der Waals surface area contributed by atoms with Gasteiger partial charge in [-0.15, -0.1) is 11.3 Å². The van der Waals surface area contributed by atoms with Crippen LogP contribution in [-0.4, -0.2) is 12.2 Å². The number of hydrogen-bond donors (Lipinski definition) is 1. The van der Waals surface area contributed by atoms with Crippen molar-refractivity contribution in [2.75, 3.05) is 7.11 Å². The number of halogens is 1. The Bertz CT molecular complexity index is 612. The molecule has 1 aliphatic rings. The zero-order valence-corrected chi connectivity index (χ0v) is 13.6. The van der Waals surface area contributed by atoms with Crippen LogP contribution in [0.15, 0.2) is 24.3 Å². The summed E-state index contributed by atoms with van der Waals surface area (Å²) in [5.74, 6) is 0.706. The predicted molar refractivity (Wildman–Crippen MR) is 87.6 cm³/mol. The minimum Gasteiger partial charge on any atom is -0.497 e. The average Bonchev–Trinajstić information content (AvgIpc) is 2.77.